The van der Waals surface area contributed by atoms with Gasteiger partial charge in [-0.3, -0.25) is 4.79 Å². The molecule has 0 unspecified atom stereocenters. The van der Waals surface area contributed by atoms with Crippen LogP contribution in [0.15, 0.2) is 42.5 Å². The highest BCUT2D eigenvalue weighted by Gasteiger charge is 2.15. The molecule has 0 bridgehead atoms. The number of hydrogen-bond acceptors (Lipinski definition) is 3. The third kappa shape index (κ3) is 4.83. The number of rotatable bonds is 5. The number of halogens is 2. The van der Waals surface area contributed by atoms with Gasteiger partial charge in [0.1, 0.15) is 11.6 Å². The summed E-state index contributed by atoms with van der Waals surface area (Å²) in [6, 6.07) is 10.3. The Labute approximate surface area is 144 Å². The van der Waals surface area contributed by atoms with Gasteiger partial charge in [-0.2, -0.15) is 0 Å². The Balaban J connectivity index is 2.20. The molecule has 0 saturated carbocycles. The van der Waals surface area contributed by atoms with Crippen molar-refractivity contribution in [3.8, 4) is 0 Å². The van der Waals surface area contributed by atoms with Gasteiger partial charge in [0.05, 0.1) is 11.8 Å². The maximum Gasteiger partial charge on any atom is 0.255 e. The molecule has 0 saturated heterocycles. The van der Waals surface area contributed by atoms with Crippen molar-refractivity contribution in [2.24, 2.45) is 0 Å². The fraction of sp³-hybridized carbons (Fsp3) is 0.222. The summed E-state index contributed by atoms with van der Waals surface area (Å²) in [5.41, 5.74) is 0.430. The molecule has 2 aromatic rings. The summed E-state index contributed by atoms with van der Waals surface area (Å²) < 4.78 is 33.2. The van der Waals surface area contributed by atoms with Crippen LogP contribution in [0.25, 0.3) is 0 Å². The van der Waals surface area contributed by atoms with Gasteiger partial charge < -0.3 is 10.1 Å². The van der Waals surface area contributed by atoms with Crippen LogP contribution in [0.1, 0.15) is 29.8 Å². The molecule has 1 N–H and O–H groups in total. The van der Waals surface area contributed by atoms with Crippen molar-refractivity contribution < 1.29 is 18.3 Å². The fourth-order valence-electron chi connectivity index (χ4n) is 2.07. The number of anilines is 1. The first-order chi connectivity index (χ1) is 11.4. The largest absolute Gasteiger partial charge is 0.484 e. The lowest BCUT2D eigenvalue weighted by Crippen LogP contribution is -2.15. The van der Waals surface area contributed by atoms with Gasteiger partial charge >= 0.3 is 0 Å². The molecule has 24 heavy (non-hydrogen) atoms. The van der Waals surface area contributed by atoms with Gasteiger partial charge in [0.15, 0.2) is 5.05 Å². The minimum absolute atomic E-state index is 0.0217. The van der Waals surface area contributed by atoms with Crippen LogP contribution in [0, 0.1) is 11.6 Å². The lowest BCUT2D eigenvalue weighted by atomic mass is 10.1. The number of thiocarbonyl (C=S) groups is 1. The second kappa shape index (κ2) is 7.97. The van der Waals surface area contributed by atoms with E-state index in [1.807, 2.05) is 0 Å². The van der Waals surface area contributed by atoms with Crippen LogP contribution in [0.3, 0.4) is 0 Å². The van der Waals surface area contributed by atoms with Crippen LogP contribution in [-0.2, 0) is 11.2 Å². The number of carbonyl (C=O) groups is 1. The number of ether oxygens (including phenoxy) is 1. The third-order valence-electron chi connectivity index (χ3n) is 3.12. The van der Waals surface area contributed by atoms with E-state index >= 15 is 0 Å². The van der Waals surface area contributed by atoms with Gasteiger partial charge in [0.2, 0.25) is 0 Å². The second-order valence-corrected chi connectivity index (χ2v) is 5.91. The summed E-state index contributed by atoms with van der Waals surface area (Å²) in [6.07, 6.45) is -0.105. The molecule has 2 aromatic carbocycles. The molecule has 0 atom stereocenters. The first-order valence-electron chi connectivity index (χ1n) is 7.40. The predicted octanol–water partition coefficient (Wildman–Crippen LogP) is 4.51. The van der Waals surface area contributed by atoms with Gasteiger partial charge in [-0.25, -0.2) is 8.78 Å². The highest BCUT2D eigenvalue weighted by Crippen LogP contribution is 2.21. The molecule has 6 heteroatoms. The molecule has 0 aliphatic heterocycles. The van der Waals surface area contributed by atoms with E-state index in [9.17, 15) is 13.6 Å². The molecule has 3 nitrogen and oxygen atoms in total. The summed E-state index contributed by atoms with van der Waals surface area (Å²) in [6.45, 7) is 3.61. The highest BCUT2D eigenvalue weighted by atomic mass is 32.1. The van der Waals surface area contributed by atoms with Gasteiger partial charge in [0.25, 0.3) is 5.91 Å². The van der Waals surface area contributed by atoms with E-state index in [4.69, 9.17) is 17.0 Å². The van der Waals surface area contributed by atoms with E-state index < -0.39 is 17.5 Å². The number of carbonyl (C=O) groups excluding carboxylic acids is 1. The number of benzene rings is 2. The molecule has 0 spiro atoms. The van der Waals surface area contributed by atoms with E-state index in [-0.39, 0.29) is 28.8 Å². The van der Waals surface area contributed by atoms with Crippen molar-refractivity contribution in [3.63, 3.8) is 0 Å². The second-order valence-electron chi connectivity index (χ2n) is 5.46. The smallest absolute Gasteiger partial charge is 0.255 e. The van der Waals surface area contributed by atoms with Crippen molar-refractivity contribution in [1.29, 1.82) is 0 Å². The van der Waals surface area contributed by atoms with E-state index in [0.29, 0.717) is 5.56 Å². The van der Waals surface area contributed by atoms with Crippen molar-refractivity contribution in [3.05, 3.63) is 65.2 Å². The highest BCUT2D eigenvalue weighted by molar-refractivity contribution is 7.80. The Kier molecular flexibility index (Phi) is 5.98. The van der Waals surface area contributed by atoms with Crippen molar-refractivity contribution in [1.82, 2.24) is 0 Å². The zero-order chi connectivity index (χ0) is 17.7. The molecular weight excluding hydrogens is 332 g/mol. The van der Waals surface area contributed by atoms with Crippen LogP contribution in [0.2, 0.25) is 0 Å². The molecule has 126 valence electrons. The van der Waals surface area contributed by atoms with Crippen molar-refractivity contribution in [2.75, 3.05) is 5.32 Å². The molecule has 0 aliphatic rings. The number of hydrogen-bond donors (Lipinski definition) is 1. The summed E-state index contributed by atoms with van der Waals surface area (Å²) in [7, 11) is 0. The minimum Gasteiger partial charge on any atom is -0.484 e. The lowest BCUT2D eigenvalue weighted by Gasteiger charge is -2.13. The zero-order valence-corrected chi connectivity index (χ0v) is 14.1. The standard InChI is InChI=1S/C18H17F2NO2S/c1-11(2)23-17(24)9-13-8-16(15(20)10-14(13)19)21-18(22)12-6-4-3-5-7-12/h3-8,10-11H,9H2,1-2H3,(H,21,22). The average molecular weight is 349 g/mol. The fourth-order valence-corrected chi connectivity index (χ4v) is 2.42. The predicted molar refractivity (Wildman–Crippen MR) is 93.3 cm³/mol. The quantitative estimate of drug-likeness (QED) is 0.807. The van der Waals surface area contributed by atoms with E-state index in [2.05, 4.69) is 5.32 Å². The molecule has 0 aliphatic carbocycles. The summed E-state index contributed by atoms with van der Waals surface area (Å²) in [4.78, 5) is 12.1. The van der Waals surface area contributed by atoms with E-state index in [0.717, 1.165) is 6.07 Å². The molecule has 0 heterocycles. The Hall–Kier alpha value is -2.34. The van der Waals surface area contributed by atoms with Crippen molar-refractivity contribution >= 4 is 28.9 Å². The first-order valence-corrected chi connectivity index (χ1v) is 7.81. The topological polar surface area (TPSA) is 38.3 Å². The van der Waals surface area contributed by atoms with Crippen LogP contribution < -0.4 is 5.32 Å². The van der Waals surface area contributed by atoms with E-state index in [1.165, 1.54) is 6.07 Å². The van der Waals surface area contributed by atoms with Crippen LogP contribution in [-0.4, -0.2) is 17.1 Å². The van der Waals surface area contributed by atoms with E-state index in [1.54, 1.807) is 44.2 Å². The number of nitrogens with one attached hydrogen (secondary N) is 1. The number of amides is 1. The zero-order valence-electron chi connectivity index (χ0n) is 13.3. The SMILES string of the molecule is CC(C)OC(=S)Cc1cc(NC(=O)c2ccccc2)c(F)cc1F. The normalized spacial score (nSPS) is 10.5. The Bertz CT molecular complexity index is 748. The van der Waals surface area contributed by atoms with Crippen LogP contribution >= 0.6 is 12.2 Å². The molecular formula is C18H17F2NO2S. The molecule has 0 aromatic heterocycles. The summed E-state index contributed by atoms with van der Waals surface area (Å²) >= 11 is 5.04. The summed E-state index contributed by atoms with van der Waals surface area (Å²) in [5.74, 6) is -2.07. The monoisotopic (exact) mass is 349 g/mol. The average Bonchev–Trinajstić information content (AvgIpc) is 2.52. The lowest BCUT2D eigenvalue weighted by molar-refractivity contribution is 0.102. The Morgan fingerprint density at radius 3 is 2.46 bits per heavy atom. The molecule has 2 rings (SSSR count). The molecule has 1 amide bonds. The van der Waals surface area contributed by atoms with Crippen LogP contribution in [0.5, 0.6) is 0 Å². The van der Waals surface area contributed by atoms with Gasteiger partial charge in [0, 0.05) is 18.1 Å². The molecule has 0 radical (unpaired) electrons. The van der Waals surface area contributed by atoms with Gasteiger partial charge in [-0.15, -0.1) is 0 Å². The maximum atomic E-state index is 13.9. The first kappa shape index (κ1) is 18.0. The summed E-state index contributed by atoms with van der Waals surface area (Å²) in [5, 5.41) is 2.65. The maximum absolute atomic E-state index is 13.9. The minimum atomic E-state index is -0.851. The third-order valence-corrected chi connectivity index (χ3v) is 3.36. The Morgan fingerprint density at radius 1 is 1.17 bits per heavy atom. The van der Waals surface area contributed by atoms with Gasteiger partial charge in [-0.05, 0) is 49.8 Å². The van der Waals surface area contributed by atoms with Crippen LogP contribution in [0.4, 0.5) is 14.5 Å². The Morgan fingerprint density at radius 2 is 1.83 bits per heavy atom. The van der Waals surface area contributed by atoms with Crippen molar-refractivity contribution in [2.45, 2.75) is 26.4 Å². The molecule has 0 fully saturated rings. The van der Waals surface area contributed by atoms with Gasteiger partial charge in [-0.1, -0.05) is 18.2 Å².